The van der Waals surface area contributed by atoms with Gasteiger partial charge in [-0.15, -0.1) is 10.2 Å². The van der Waals surface area contributed by atoms with Crippen molar-refractivity contribution in [3.63, 3.8) is 0 Å². The highest BCUT2D eigenvalue weighted by molar-refractivity contribution is 5.94. The van der Waals surface area contributed by atoms with Crippen molar-refractivity contribution >= 4 is 5.91 Å². The number of amides is 1. The molecular weight excluding hydrogens is 287 g/mol. The van der Waals surface area contributed by atoms with Crippen molar-refractivity contribution in [1.82, 2.24) is 30.4 Å². The standard InChI is InChI=1S/C14H17FN6O/c1-9(18-14(22)10-2-4-17-8-11(10)15)13-20-19-12-3-5-16-6-7-21(12)13/h2,4,8-9,16H,3,5-7H2,1H3,(H,18,22). The lowest BCUT2D eigenvalue weighted by atomic mass is 10.2. The van der Waals surface area contributed by atoms with Crippen molar-refractivity contribution in [3.05, 3.63) is 41.5 Å². The Labute approximate surface area is 127 Å². The lowest BCUT2D eigenvalue weighted by molar-refractivity contribution is 0.0933. The fourth-order valence-corrected chi connectivity index (χ4v) is 2.51. The number of nitrogens with zero attached hydrogens (tertiary/aromatic N) is 4. The molecule has 2 aromatic heterocycles. The Hall–Kier alpha value is -2.35. The van der Waals surface area contributed by atoms with Crippen LogP contribution in [0.2, 0.25) is 0 Å². The molecule has 0 radical (unpaired) electrons. The summed E-state index contributed by atoms with van der Waals surface area (Å²) in [6.07, 6.45) is 3.21. The van der Waals surface area contributed by atoms with Crippen LogP contribution >= 0.6 is 0 Å². The van der Waals surface area contributed by atoms with Gasteiger partial charge in [0.2, 0.25) is 0 Å². The van der Waals surface area contributed by atoms with Crippen molar-refractivity contribution in [2.75, 3.05) is 13.1 Å². The Morgan fingerprint density at radius 3 is 3.14 bits per heavy atom. The summed E-state index contributed by atoms with van der Waals surface area (Å²) in [5.41, 5.74) is -0.0286. The normalized spacial score (nSPS) is 15.7. The van der Waals surface area contributed by atoms with Crippen molar-refractivity contribution in [3.8, 4) is 0 Å². The number of carbonyl (C=O) groups is 1. The van der Waals surface area contributed by atoms with E-state index in [0.717, 1.165) is 38.1 Å². The van der Waals surface area contributed by atoms with Gasteiger partial charge in [0.05, 0.1) is 17.8 Å². The van der Waals surface area contributed by atoms with E-state index in [1.807, 2.05) is 11.5 Å². The number of hydrogen-bond donors (Lipinski definition) is 2. The predicted octanol–water partition coefficient (Wildman–Crippen LogP) is 0.449. The summed E-state index contributed by atoms with van der Waals surface area (Å²) in [5.74, 6) is 0.450. The van der Waals surface area contributed by atoms with E-state index in [0.29, 0.717) is 5.82 Å². The molecule has 0 aliphatic carbocycles. The maximum absolute atomic E-state index is 13.6. The van der Waals surface area contributed by atoms with E-state index in [1.54, 1.807) is 0 Å². The van der Waals surface area contributed by atoms with Gasteiger partial charge in [-0.1, -0.05) is 0 Å². The molecule has 1 aliphatic rings. The van der Waals surface area contributed by atoms with Crippen LogP contribution in [0.3, 0.4) is 0 Å². The summed E-state index contributed by atoms with van der Waals surface area (Å²) in [6.45, 7) is 4.26. The maximum Gasteiger partial charge on any atom is 0.254 e. The Morgan fingerprint density at radius 2 is 2.32 bits per heavy atom. The third-order valence-corrected chi connectivity index (χ3v) is 3.65. The topological polar surface area (TPSA) is 84.7 Å². The molecular formula is C14H17FN6O. The van der Waals surface area contributed by atoms with Gasteiger partial charge < -0.3 is 15.2 Å². The molecule has 1 unspecified atom stereocenters. The molecule has 0 fully saturated rings. The molecule has 0 bridgehead atoms. The summed E-state index contributed by atoms with van der Waals surface area (Å²) < 4.78 is 15.6. The third kappa shape index (κ3) is 2.82. The third-order valence-electron chi connectivity index (χ3n) is 3.65. The molecule has 1 atom stereocenters. The average Bonchev–Trinajstić information content (AvgIpc) is 2.77. The van der Waals surface area contributed by atoms with Crippen LogP contribution in [0.4, 0.5) is 4.39 Å². The molecule has 0 aromatic carbocycles. The summed E-state index contributed by atoms with van der Waals surface area (Å²) in [7, 11) is 0. The first-order valence-corrected chi connectivity index (χ1v) is 7.20. The highest BCUT2D eigenvalue weighted by Crippen LogP contribution is 2.15. The molecule has 1 aliphatic heterocycles. The first kappa shape index (κ1) is 14.6. The van der Waals surface area contributed by atoms with Gasteiger partial charge in [-0.25, -0.2) is 4.39 Å². The van der Waals surface area contributed by atoms with E-state index in [1.165, 1.54) is 12.3 Å². The average molecular weight is 304 g/mol. The van der Waals surface area contributed by atoms with Crippen LogP contribution in [0.15, 0.2) is 18.5 Å². The number of fused-ring (bicyclic) bond motifs is 1. The van der Waals surface area contributed by atoms with Gasteiger partial charge >= 0.3 is 0 Å². The Kier molecular flexibility index (Phi) is 4.10. The molecule has 3 rings (SSSR count). The van der Waals surface area contributed by atoms with E-state index in [2.05, 4.69) is 25.8 Å². The highest BCUT2D eigenvalue weighted by atomic mass is 19.1. The number of halogens is 1. The Bertz CT molecular complexity index is 686. The molecule has 2 N–H and O–H groups in total. The molecule has 0 saturated carbocycles. The van der Waals surface area contributed by atoms with Crippen LogP contribution in [-0.4, -0.2) is 38.7 Å². The first-order valence-electron chi connectivity index (χ1n) is 7.20. The van der Waals surface area contributed by atoms with Gasteiger partial charge in [-0.3, -0.25) is 9.78 Å². The van der Waals surface area contributed by atoms with Crippen LogP contribution in [-0.2, 0) is 13.0 Å². The molecule has 0 saturated heterocycles. The zero-order valence-electron chi connectivity index (χ0n) is 12.2. The van der Waals surface area contributed by atoms with Crippen molar-refractivity contribution in [2.45, 2.75) is 25.9 Å². The molecule has 8 heteroatoms. The SMILES string of the molecule is CC(NC(=O)c1ccncc1F)c1nnc2n1CCNCC2. The van der Waals surface area contributed by atoms with Gasteiger partial charge in [-0.2, -0.15) is 0 Å². The largest absolute Gasteiger partial charge is 0.342 e. The number of pyridine rings is 1. The van der Waals surface area contributed by atoms with Gasteiger partial charge in [0.15, 0.2) is 11.6 Å². The summed E-state index contributed by atoms with van der Waals surface area (Å²) in [4.78, 5) is 15.8. The van der Waals surface area contributed by atoms with Crippen molar-refractivity contribution in [1.29, 1.82) is 0 Å². The second-order valence-corrected chi connectivity index (χ2v) is 5.18. The number of rotatable bonds is 3. The highest BCUT2D eigenvalue weighted by Gasteiger charge is 2.21. The molecule has 22 heavy (non-hydrogen) atoms. The van der Waals surface area contributed by atoms with E-state index in [-0.39, 0.29) is 11.6 Å². The molecule has 2 aromatic rings. The van der Waals surface area contributed by atoms with E-state index < -0.39 is 11.7 Å². The van der Waals surface area contributed by atoms with Gasteiger partial charge in [0.1, 0.15) is 5.82 Å². The number of aromatic nitrogens is 4. The molecule has 7 nitrogen and oxygen atoms in total. The lowest BCUT2D eigenvalue weighted by Crippen LogP contribution is -2.30. The first-order chi connectivity index (χ1) is 10.7. The van der Waals surface area contributed by atoms with E-state index in [4.69, 9.17) is 0 Å². The van der Waals surface area contributed by atoms with Crippen LogP contribution in [0.1, 0.15) is 35.0 Å². The number of hydrogen-bond acceptors (Lipinski definition) is 5. The molecule has 1 amide bonds. The molecule has 3 heterocycles. The number of nitrogens with one attached hydrogen (secondary N) is 2. The number of carbonyl (C=O) groups excluding carboxylic acids is 1. The van der Waals surface area contributed by atoms with Crippen LogP contribution in [0, 0.1) is 5.82 Å². The minimum atomic E-state index is -0.642. The summed E-state index contributed by atoms with van der Waals surface area (Å²) in [5, 5.41) is 14.4. The second kappa shape index (κ2) is 6.18. The Morgan fingerprint density at radius 1 is 1.45 bits per heavy atom. The van der Waals surface area contributed by atoms with Gasteiger partial charge in [0, 0.05) is 32.3 Å². The smallest absolute Gasteiger partial charge is 0.254 e. The Balaban J connectivity index is 1.78. The van der Waals surface area contributed by atoms with Gasteiger partial charge in [-0.05, 0) is 13.0 Å². The maximum atomic E-state index is 13.6. The van der Waals surface area contributed by atoms with Crippen molar-refractivity contribution in [2.24, 2.45) is 0 Å². The zero-order valence-corrected chi connectivity index (χ0v) is 12.2. The fraction of sp³-hybridized carbons (Fsp3) is 0.429. The summed E-state index contributed by atoms with van der Waals surface area (Å²) >= 11 is 0. The van der Waals surface area contributed by atoms with Crippen LogP contribution < -0.4 is 10.6 Å². The molecule has 116 valence electrons. The second-order valence-electron chi connectivity index (χ2n) is 5.18. The fourth-order valence-electron chi connectivity index (χ4n) is 2.51. The predicted molar refractivity (Wildman–Crippen MR) is 76.7 cm³/mol. The zero-order chi connectivity index (χ0) is 15.5. The quantitative estimate of drug-likeness (QED) is 0.860. The summed E-state index contributed by atoms with van der Waals surface area (Å²) in [6, 6.07) is 0.991. The van der Waals surface area contributed by atoms with Crippen LogP contribution in [0.5, 0.6) is 0 Å². The monoisotopic (exact) mass is 304 g/mol. The minimum absolute atomic E-state index is 0.0286. The van der Waals surface area contributed by atoms with E-state index in [9.17, 15) is 9.18 Å². The van der Waals surface area contributed by atoms with Crippen molar-refractivity contribution < 1.29 is 9.18 Å². The van der Waals surface area contributed by atoms with Crippen LogP contribution in [0.25, 0.3) is 0 Å². The minimum Gasteiger partial charge on any atom is -0.342 e. The lowest BCUT2D eigenvalue weighted by Gasteiger charge is -2.15. The van der Waals surface area contributed by atoms with Gasteiger partial charge in [0.25, 0.3) is 5.91 Å². The molecule has 0 spiro atoms. The van der Waals surface area contributed by atoms with E-state index >= 15 is 0 Å².